The fraction of sp³-hybridized carbons (Fsp3) is 0.706. The highest BCUT2D eigenvalue weighted by atomic mass is 16.8. The zero-order chi connectivity index (χ0) is 34.4. The first kappa shape index (κ1) is 36.7. The maximum atomic E-state index is 12.5. The molecule has 9 atom stereocenters. The van der Waals surface area contributed by atoms with Crippen molar-refractivity contribution < 1.29 is 62.5 Å². The van der Waals surface area contributed by atoms with E-state index in [1.54, 1.807) is 20.8 Å². The molecule has 13 nitrogen and oxygen atoms in total. The summed E-state index contributed by atoms with van der Waals surface area (Å²) in [5.41, 5.74) is 0.253. The number of methoxy groups -OCH3 is 1. The SMILES string of the molecule is COC12CC[C@H](CCOC(=O)C(C)(C)C)O[C@@H]1[C@@H](OC(C)=O)[C@@H]1O[C@H](CC(CCC(=O)O)CC(=O)O)[C@H](OCc3ccccc3)[C@@H]1O2. The van der Waals surface area contributed by atoms with E-state index in [0.717, 1.165) is 5.56 Å². The van der Waals surface area contributed by atoms with Gasteiger partial charge < -0.3 is 43.4 Å². The lowest BCUT2D eigenvalue weighted by atomic mass is 9.84. The minimum Gasteiger partial charge on any atom is -0.481 e. The van der Waals surface area contributed by atoms with Gasteiger partial charge in [0.25, 0.3) is 0 Å². The zero-order valence-electron chi connectivity index (χ0n) is 27.8. The zero-order valence-corrected chi connectivity index (χ0v) is 27.8. The number of hydrogen-bond donors (Lipinski definition) is 2. The topological polar surface area (TPSA) is 173 Å². The second-order valence-corrected chi connectivity index (χ2v) is 13.6. The van der Waals surface area contributed by atoms with Crippen molar-refractivity contribution >= 4 is 23.9 Å². The van der Waals surface area contributed by atoms with Crippen molar-refractivity contribution in [2.45, 2.75) is 128 Å². The molecule has 3 aliphatic heterocycles. The number of aliphatic carboxylic acids is 2. The van der Waals surface area contributed by atoms with Crippen LogP contribution in [-0.4, -0.2) is 96.3 Å². The Morgan fingerprint density at radius 2 is 1.74 bits per heavy atom. The summed E-state index contributed by atoms with van der Waals surface area (Å²) in [5.74, 6) is -4.82. The van der Waals surface area contributed by atoms with E-state index in [4.69, 9.17) is 33.2 Å². The summed E-state index contributed by atoms with van der Waals surface area (Å²) >= 11 is 0. The second-order valence-electron chi connectivity index (χ2n) is 13.6. The molecule has 4 rings (SSSR count). The van der Waals surface area contributed by atoms with Crippen LogP contribution in [0, 0.1) is 11.3 Å². The molecule has 0 bridgehead atoms. The van der Waals surface area contributed by atoms with Crippen LogP contribution in [0.4, 0.5) is 0 Å². The number of carbonyl (C=O) groups is 4. The van der Waals surface area contributed by atoms with Gasteiger partial charge in [-0.15, -0.1) is 0 Å². The van der Waals surface area contributed by atoms with Crippen LogP contribution in [-0.2, 0) is 58.9 Å². The van der Waals surface area contributed by atoms with Crippen LogP contribution in [0.5, 0.6) is 0 Å². The Labute approximate surface area is 275 Å². The van der Waals surface area contributed by atoms with E-state index in [9.17, 15) is 29.4 Å². The van der Waals surface area contributed by atoms with Crippen molar-refractivity contribution in [3.8, 4) is 0 Å². The number of fused-ring (bicyclic) bond motifs is 2. The Balaban J connectivity index is 1.60. The number of carboxylic acid groups (broad SMARTS) is 2. The molecule has 1 aromatic rings. The van der Waals surface area contributed by atoms with Crippen LogP contribution in [0.15, 0.2) is 30.3 Å². The maximum Gasteiger partial charge on any atom is 0.311 e. The van der Waals surface area contributed by atoms with Gasteiger partial charge >= 0.3 is 23.9 Å². The van der Waals surface area contributed by atoms with E-state index in [1.165, 1.54) is 14.0 Å². The first-order valence-electron chi connectivity index (χ1n) is 16.2. The van der Waals surface area contributed by atoms with Gasteiger partial charge in [0.05, 0.1) is 30.8 Å². The van der Waals surface area contributed by atoms with E-state index in [1.807, 2.05) is 30.3 Å². The molecule has 0 spiro atoms. The number of carbonyl (C=O) groups excluding carboxylic acids is 2. The number of carboxylic acids is 2. The number of esters is 2. The summed E-state index contributed by atoms with van der Waals surface area (Å²) in [6, 6.07) is 9.48. The summed E-state index contributed by atoms with van der Waals surface area (Å²) < 4.78 is 43.5. The maximum absolute atomic E-state index is 12.5. The van der Waals surface area contributed by atoms with Crippen molar-refractivity contribution in [3.63, 3.8) is 0 Å². The number of hydrogen-bond acceptors (Lipinski definition) is 11. The molecule has 3 saturated heterocycles. The summed E-state index contributed by atoms with van der Waals surface area (Å²) in [6.07, 6.45) is -4.18. The van der Waals surface area contributed by atoms with Crippen molar-refractivity contribution in [3.05, 3.63) is 35.9 Å². The highest BCUT2D eigenvalue weighted by molar-refractivity contribution is 5.75. The molecule has 3 aliphatic rings. The fourth-order valence-corrected chi connectivity index (χ4v) is 6.56. The molecule has 2 unspecified atom stereocenters. The minimum atomic E-state index is -1.32. The van der Waals surface area contributed by atoms with Crippen LogP contribution >= 0.6 is 0 Å². The lowest BCUT2D eigenvalue weighted by molar-refractivity contribution is -0.383. The molecule has 0 saturated carbocycles. The van der Waals surface area contributed by atoms with Gasteiger partial charge in [0.2, 0.25) is 0 Å². The first-order chi connectivity index (χ1) is 22.2. The largest absolute Gasteiger partial charge is 0.481 e. The van der Waals surface area contributed by atoms with Crippen molar-refractivity contribution in [2.75, 3.05) is 13.7 Å². The fourth-order valence-electron chi connectivity index (χ4n) is 6.56. The predicted octanol–water partition coefficient (Wildman–Crippen LogP) is 3.89. The van der Waals surface area contributed by atoms with Gasteiger partial charge in [0.15, 0.2) is 18.0 Å². The third-order valence-corrected chi connectivity index (χ3v) is 8.90. The molecule has 13 heteroatoms. The normalized spacial score (nSPS) is 30.9. The van der Waals surface area contributed by atoms with E-state index < -0.39 is 71.7 Å². The number of ether oxygens (including phenoxy) is 7. The van der Waals surface area contributed by atoms with Crippen LogP contribution < -0.4 is 0 Å². The molecular weight excluding hydrogens is 616 g/mol. The van der Waals surface area contributed by atoms with Gasteiger partial charge in [0.1, 0.15) is 18.3 Å². The second kappa shape index (κ2) is 15.9. The van der Waals surface area contributed by atoms with Crippen LogP contribution in [0.2, 0.25) is 0 Å². The Morgan fingerprint density at radius 3 is 2.36 bits per heavy atom. The Hall–Kier alpha value is -3.10. The average Bonchev–Trinajstić information content (AvgIpc) is 3.34. The standard InChI is InChI=1S/C34H48O13/c1-20(35)44-30-28-29(47-34(41-5)15-13-23(45-31(30)34)14-16-42-32(40)33(2,3)4)27(43-19-21-9-7-6-8-10-21)24(46-28)17-22(18-26(38)39)11-12-25(36)37/h6-10,22-24,27-31H,11-19H2,1-5H3,(H,36,37)(H,38,39)/t22?,23-,24-,27+,28-,29+,30+,31-,34?/m1/s1. The molecule has 2 N–H and O–H groups in total. The molecule has 47 heavy (non-hydrogen) atoms. The highest BCUT2D eigenvalue weighted by Gasteiger charge is 2.65. The quantitative estimate of drug-likeness (QED) is 0.259. The highest BCUT2D eigenvalue weighted by Crippen LogP contribution is 2.48. The molecule has 0 amide bonds. The van der Waals surface area contributed by atoms with Gasteiger partial charge in [-0.1, -0.05) is 30.3 Å². The van der Waals surface area contributed by atoms with E-state index in [2.05, 4.69) is 0 Å². The van der Waals surface area contributed by atoms with Crippen molar-refractivity contribution in [1.29, 1.82) is 0 Å². The van der Waals surface area contributed by atoms with Gasteiger partial charge in [-0.2, -0.15) is 0 Å². The molecule has 3 fully saturated rings. The average molecular weight is 665 g/mol. The molecule has 0 aromatic heterocycles. The molecule has 0 aliphatic carbocycles. The third-order valence-electron chi connectivity index (χ3n) is 8.90. The van der Waals surface area contributed by atoms with E-state index in [0.29, 0.717) is 19.3 Å². The Morgan fingerprint density at radius 1 is 1.02 bits per heavy atom. The van der Waals surface area contributed by atoms with Gasteiger partial charge in [-0.25, -0.2) is 0 Å². The lowest BCUT2D eigenvalue weighted by Crippen LogP contribution is -2.69. The van der Waals surface area contributed by atoms with Gasteiger partial charge in [-0.3, -0.25) is 19.2 Å². The molecule has 1 aromatic carbocycles. The molecule has 0 radical (unpaired) electrons. The number of benzene rings is 1. The lowest BCUT2D eigenvalue weighted by Gasteiger charge is -2.53. The predicted molar refractivity (Wildman–Crippen MR) is 164 cm³/mol. The summed E-state index contributed by atoms with van der Waals surface area (Å²) in [5, 5.41) is 18.9. The first-order valence-corrected chi connectivity index (χ1v) is 16.2. The Bertz CT molecular complexity index is 1230. The smallest absolute Gasteiger partial charge is 0.311 e. The number of rotatable bonds is 15. The summed E-state index contributed by atoms with van der Waals surface area (Å²) in [6.45, 7) is 6.97. The summed E-state index contributed by atoms with van der Waals surface area (Å²) in [4.78, 5) is 47.9. The van der Waals surface area contributed by atoms with Gasteiger partial charge in [0, 0.05) is 39.7 Å². The monoisotopic (exact) mass is 664 g/mol. The third kappa shape index (κ3) is 9.50. The van der Waals surface area contributed by atoms with Gasteiger partial charge in [-0.05, 0) is 51.5 Å². The van der Waals surface area contributed by atoms with Crippen LogP contribution in [0.3, 0.4) is 0 Å². The van der Waals surface area contributed by atoms with E-state index >= 15 is 0 Å². The minimum absolute atomic E-state index is 0.131. The molecular formula is C34H48O13. The van der Waals surface area contributed by atoms with Crippen molar-refractivity contribution in [2.24, 2.45) is 11.3 Å². The molecule has 262 valence electrons. The summed E-state index contributed by atoms with van der Waals surface area (Å²) in [7, 11) is 1.49. The Kier molecular flexibility index (Phi) is 12.4. The van der Waals surface area contributed by atoms with Crippen molar-refractivity contribution in [1.82, 2.24) is 0 Å². The molecule has 3 heterocycles. The van der Waals surface area contributed by atoms with Crippen LogP contribution in [0.1, 0.15) is 78.2 Å². The van der Waals surface area contributed by atoms with E-state index in [-0.39, 0.29) is 51.0 Å². The van der Waals surface area contributed by atoms with Crippen LogP contribution in [0.25, 0.3) is 0 Å².